The first-order valence-electron chi connectivity index (χ1n) is 9.11. The summed E-state index contributed by atoms with van der Waals surface area (Å²) in [5.74, 6) is 1.33. The average Bonchev–Trinajstić information content (AvgIpc) is 3.02. The van der Waals surface area contributed by atoms with Crippen molar-refractivity contribution in [1.82, 2.24) is 14.9 Å². The molecule has 3 aromatic rings. The van der Waals surface area contributed by atoms with E-state index in [1.807, 2.05) is 35.2 Å². The zero-order valence-electron chi connectivity index (χ0n) is 14.9. The van der Waals surface area contributed by atoms with Crippen LogP contribution in [-0.2, 0) is 0 Å². The molecule has 134 valence electrons. The number of nitrogens with zero attached hydrogens (tertiary/aromatic N) is 2. The largest absolute Gasteiger partial charge is 0.497 e. The van der Waals surface area contributed by atoms with Crippen LogP contribution in [0.2, 0.25) is 0 Å². The lowest BCUT2D eigenvalue weighted by Crippen LogP contribution is -2.34. The summed E-state index contributed by atoms with van der Waals surface area (Å²) in [5, 5.41) is 0. The second kappa shape index (κ2) is 7.20. The van der Waals surface area contributed by atoms with E-state index in [1.165, 1.54) is 5.56 Å². The number of imidazole rings is 1. The molecular weight excluding hydrogens is 326 g/mol. The van der Waals surface area contributed by atoms with Crippen molar-refractivity contribution < 1.29 is 9.53 Å². The minimum atomic E-state index is 0.0990. The average molecular weight is 349 g/mol. The molecule has 1 N–H and O–H groups in total. The number of fused-ring (bicyclic) bond motifs is 1. The molecule has 0 aliphatic carbocycles. The number of benzene rings is 2. The third-order valence-electron chi connectivity index (χ3n) is 5.21. The van der Waals surface area contributed by atoms with E-state index in [1.54, 1.807) is 13.4 Å². The Bertz CT molecular complexity index is 901. The number of ether oxygens (including phenoxy) is 1. The zero-order valence-corrected chi connectivity index (χ0v) is 14.9. The van der Waals surface area contributed by atoms with Gasteiger partial charge in [-0.1, -0.05) is 18.6 Å². The zero-order chi connectivity index (χ0) is 17.9. The number of aromatic nitrogens is 2. The van der Waals surface area contributed by atoms with Crippen molar-refractivity contribution in [2.45, 2.75) is 25.2 Å². The fourth-order valence-electron chi connectivity index (χ4n) is 3.73. The van der Waals surface area contributed by atoms with Gasteiger partial charge in [0.25, 0.3) is 5.91 Å². The molecule has 4 rings (SSSR count). The van der Waals surface area contributed by atoms with Gasteiger partial charge in [-0.25, -0.2) is 4.98 Å². The number of aromatic amines is 1. The quantitative estimate of drug-likeness (QED) is 0.778. The van der Waals surface area contributed by atoms with E-state index in [2.05, 4.69) is 22.1 Å². The topological polar surface area (TPSA) is 58.2 Å². The van der Waals surface area contributed by atoms with Crippen LogP contribution in [0.1, 0.15) is 41.1 Å². The van der Waals surface area contributed by atoms with E-state index in [0.29, 0.717) is 5.92 Å². The van der Waals surface area contributed by atoms with Crippen LogP contribution in [0.25, 0.3) is 11.0 Å². The molecule has 1 aliphatic rings. The molecule has 1 aliphatic heterocycles. The lowest BCUT2D eigenvalue weighted by atomic mass is 9.94. The number of likely N-dealkylation sites (tertiary alicyclic amines) is 1. The van der Waals surface area contributed by atoms with Gasteiger partial charge in [0, 0.05) is 24.6 Å². The molecule has 0 bridgehead atoms. The molecule has 0 spiro atoms. The monoisotopic (exact) mass is 349 g/mol. The highest BCUT2D eigenvalue weighted by molar-refractivity contribution is 5.97. The summed E-state index contributed by atoms with van der Waals surface area (Å²) < 4.78 is 5.25. The standard InChI is InChI=1S/C21H23N3O2/c1-26-18-8-5-15(6-9-18)17-4-2-3-11-24(13-17)21(25)16-7-10-19-20(12-16)23-14-22-19/h5-10,12,14,17H,2-4,11,13H2,1H3,(H,22,23). The van der Waals surface area contributed by atoms with Crippen molar-refractivity contribution in [3.05, 3.63) is 59.9 Å². The smallest absolute Gasteiger partial charge is 0.253 e. The number of carbonyl (C=O) groups is 1. The van der Waals surface area contributed by atoms with Crippen LogP contribution in [0.5, 0.6) is 5.75 Å². The van der Waals surface area contributed by atoms with Gasteiger partial charge in [0.1, 0.15) is 5.75 Å². The van der Waals surface area contributed by atoms with Gasteiger partial charge in [-0.3, -0.25) is 4.79 Å². The summed E-state index contributed by atoms with van der Waals surface area (Å²) in [7, 11) is 1.68. The fraction of sp³-hybridized carbons (Fsp3) is 0.333. The van der Waals surface area contributed by atoms with Crippen molar-refractivity contribution in [1.29, 1.82) is 0 Å². The van der Waals surface area contributed by atoms with Crippen molar-refractivity contribution in [2.24, 2.45) is 0 Å². The van der Waals surface area contributed by atoms with E-state index in [4.69, 9.17) is 4.74 Å². The van der Waals surface area contributed by atoms with Crippen molar-refractivity contribution >= 4 is 16.9 Å². The summed E-state index contributed by atoms with van der Waals surface area (Å²) in [6, 6.07) is 13.9. The molecule has 0 saturated carbocycles. The predicted octanol–water partition coefficient (Wildman–Crippen LogP) is 3.98. The minimum Gasteiger partial charge on any atom is -0.497 e. The Hall–Kier alpha value is -2.82. The lowest BCUT2D eigenvalue weighted by Gasteiger charge is -2.25. The number of hydrogen-bond donors (Lipinski definition) is 1. The molecule has 1 atom stereocenters. The Morgan fingerprint density at radius 1 is 1.19 bits per heavy atom. The number of H-pyrrole nitrogens is 1. The lowest BCUT2D eigenvalue weighted by molar-refractivity contribution is 0.0754. The Morgan fingerprint density at radius 3 is 2.85 bits per heavy atom. The molecule has 1 fully saturated rings. The molecule has 1 saturated heterocycles. The summed E-state index contributed by atoms with van der Waals surface area (Å²) in [6.45, 7) is 1.57. The molecule has 2 aromatic carbocycles. The van der Waals surface area contributed by atoms with Gasteiger partial charge in [0.05, 0.1) is 24.5 Å². The van der Waals surface area contributed by atoms with Gasteiger partial charge < -0.3 is 14.6 Å². The highest BCUT2D eigenvalue weighted by atomic mass is 16.5. The number of methoxy groups -OCH3 is 1. The molecule has 0 radical (unpaired) electrons. The van der Waals surface area contributed by atoms with E-state index >= 15 is 0 Å². The summed E-state index contributed by atoms with van der Waals surface area (Å²) in [6.07, 6.45) is 4.95. The first kappa shape index (κ1) is 16.6. The minimum absolute atomic E-state index is 0.0990. The van der Waals surface area contributed by atoms with Gasteiger partial charge in [0.2, 0.25) is 0 Å². The van der Waals surface area contributed by atoms with E-state index in [0.717, 1.165) is 54.7 Å². The van der Waals surface area contributed by atoms with Crippen LogP contribution in [0.15, 0.2) is 48.8 Å². The predicted molar refractivity (Wildman–Crippen MR) is 102 cm³/mol. The second-order valence-corrected chi connectivity index (χ2v) is 6.85. The normalized spacial score (nSPS) is 17.9. The second-order valence-electron chi connectivity index (χ2n) is 6.85. The van der Waals surface area contributed by atoms with Gasteiger partial charge in [-0.2, -0.15) is 0 Å². The maximum absolute atomic E-state index is 13.1. The molecule has 26 heavy (non-hydrogen) atoms. The molecule has 1 aromatic heterocycles. The third kappa shape index (κ3) is 3.29. The Kier molecular flexibility index (Phi) is 4.61. The molecule has 2 heterocycles. The Morgan fingerprint density at radius 2 is 2.04 bits per heavy atom. The van der Waals surface area contributed by atoms with Crippen LogP contribution in [-0.4, -0.2) is 41.0 Å². The van der Waals surface area contributed by atoms with E-state index < -0.39 is 0 Å². The number of hydrogen-bond acceptors (Lipinski definition) is 3. The summed E-state index contributed by atoms with van der Waals surface area (Å²) >= 11 is 0. The SMILES string of the molecule is COc1ccc(C2CCCCN(C(=O)c3ccc4nc[nH]c4c3)C2)cc1. The summed E-state index contributed by atoms with van der Waals surface area (Å²) in [4.78, 5) is 22.4. The Labute approximate surface area is 153 Å². The van der Waals surface area contributed by atoms with Gasteiger partial charge >= 0.3 is 0 Å². The molecule has 1 amide bonds. The first-order chi connectivity index (χ1) is 12.7. The summed E-state index contributed by atoms with van der Waals surface area (Å²) in [5.41, 5.74) is 3.78. The Balaban J connectivity index is 1.55. The van der Waals surface area contributed by atoms with Crippen LogP contribution in [0, 0.1) is 0 Å². The van der Waals surface area contributed by atoms with Crippen molar-refractivity contribution in [2.75, 3.05) is 20.2 Å². The maximum Gasteiger partial charge on any atom is 0.253 e. The van der Waals surface area contributed by atoms with Gasteiger partial charge in [0.15, 0.2) is 0 Å². The molecule has 5 nitrogen and oxygen atoms in total. The third-order valence-corrected chi connectivity index (χ3v) is 5.21. The first-order valence-corrected chi connectivity index (χ1v) is 9.11. The molecule has 1 unspecified atom stereocenters. The highest BCUT2D eigenvalue weighted by Gasteiger charge is 2.24. The molecular formula is C21H23N3O2. The number of nitrogens with one attached hydrogen (secondary N) is 1. The van der Waals surface area contributed by atoms with Crippen molar-refractivity contribution in [3.8, 4) is 5.75 Å². The van der Waals surface area contributed by atoms with Crippen LogP contribution >= 0.6 is 0 Å². The van der Waals surface area contributed by atoms with Gasteiger partial charge in [-0.05, 0) is 48.7 Å². The van der Waals surface area contributed by atoms with E-state index in [-0.39, 0.29) is 5.91 Å². The maximum atomic E-state index is 13.1. The molecule has 5 heteroatoms. The van der Waals surface area contributed by atoms with Crippen LogP contribution in [0.4, 0.5) is 0 Å². The number of rotatable bonds is 3. The fourth-order valence-corrected chi connectivity index (χ4v) is 3.73. The van der Waals surface area contributed by atoms with Crippen LogP contribution < -0.4 is 4.74 Å². The number of carbonyl (C=O) groups excluding carboxylic acids is 1. The number of amides is 1. The highest BCUT2D eigenvalue weighted by Crippen LogP contribution is 2.28. The van der Waals surface area contributed by atoms with Crippen molar-refractivity contribution in [3.63, 3.8) is 0 Å². The van der Waals surface area contributed by atoms with E-state index in [9.17, 15) is 4.79 Å². The van der Waals surface area contributed by atoms with Crippen LogP contribution in [0.3, 0.4) is 0 Å². The van der Waals surface area contributed by atoms with Gasteiger partial charge in [-0.15, -0.1) is 0 Å².